The summed E-state index contributed by atoms with van der Waals surface area (Å²) in [6, 6.07) is 17.4. The molecule has 0 unspecified atom stereocenters. The fraction of sp³-hybridized carbons (Fsp3) is 0.263. The molecule has 1 heterocycles. The van der Waals surface area contributed by atoms with Crippen molar-refractivity contribution in [2.45, 2.75) is 11.3 Å². The van der Waals surface area contributed by atoms with Gasteiger partial charge in [-0.15, -0.1) is 11.8 Å². The first-order valence-electron chi connectivity index (χ1n) is 7.87. The van der Waals surface area contributed by atoms with Crippen molar-refractivity contribution in [2.24, 2.45) is 5.92 Å². The molecule has 0 N–H and O–H groups in total. The number of thioether (sulfide) groups is 1. The molecular formula is C19H20N2O2S. The zero-order valence-electron chi connectivity index (χ0n) is 13.8. The van der Waals surface area contributed by atoms with Gasteiger partial charge < -0.3 is 9.80 Å². The van der Waals surface area contributed by atoms with Crippen molar-refractivity contribution in [1.82, 2.24) is 0 Å². The van der Waals surface area contributed by atoms with Crippen molar-refractivity contribution in [3.05, 3.63) is 54.6 Å². The van der Waals surface area contributed by atoms with E-state index in [2.05, 4.69) is 0 Å². The van der Waals surface area contributed by atoms with Crippen LogP contribution in [0.2, 0.25) is 0 Å². The Morgan fingerprint density at radius 1 is 1.17 bits per heavy atom. The van der Waals surface area contributed by atoms with E-state index >= 15 is 0 Å². The number of carbonyl (C=O) groups excluding carboxylic acids is 2. The average molecular weight is 340 g/mol. The molecule has 4 nitrogen and oxygen atoms in total. The lowest BCUT2D eigenvalue weighted by Gasteiger charge is -2.21. The van der Waals surface area contributed by atoms with Gasteiger partial charge in [-0.1, -0.05) is 24.3 Å². The third-order valence-electron chi connectivity index (χ3n) is 4.31. The van der Waals surface area contributed by atoms with Gasteiger partial charge in [-0.25, -0.2) is 0 Å². The fourth-order valence-corrected chi connectivity index (χ4v) is 3.41. The molecule has 1 fully saturated rings. The number of nitrogens with zero attached hydrogens (tertiary/aromatic N) is 2. The highest BCUT2D eigenvalue weighted by atomic mass is 32.2. The first kappa shape index (κ1) is 16.6. The van der Waals surface area contributed by atoms with Gasteiger partial charge in [-0.2, -0.15) is 0 Å². The van der Waals surface area contributed by atoms with Crippen molar-refractivity contribution < 1.29 is 9.59 Å². The van der Waals surface area contributed by atoms with Gasteiger partial charge in [0.05, 0.1) is 5.92 Å². The van der Waals surface area contributed by atoms with Crippen LogP contribution in [-0.4, -0.2) is 31.7 Å². The summed E-state index contributed by atoms with van der Waals surface area (Å²) in [5.74, 6) is -0.313. The summed E-state index contributed by atoms with van der Waals surface area (Å²) in [4.78, 5) is 29.6. The van der Waals surface area contributed by atoms with Crippen LogP contribution in [0.25, 0.3) is 0 Å². The maximum Gasteiger partial charge on any atom is 0.232 e. The predicted molar refractivity (Wildman–Crippen MR) is 98.5 cm³/mol. The van der Waals surface area contributed by atoms with E-state index in [1.807, 2.05) is 60.9 Å². The van der Waals surface area contributed by atoms with Crippen LogP contribution in [0, 0.1) is 5.92 Å². The topological polar surface area (TPSA) is 40.6 Å². The summed E-state index contributed by atoms with van der Waals surface area (Å²) >= 11 is 1.64. The van der Waals surface area contributed by atoms with Gasteiger partial charge in [0, 0.05) is 36.3 Å². The van der Waals surface area contributed by atoms with E-state index in [9.17, 15) is 9.59 Å². The molecule has 124 valence electrons. The number of amides is 2. The Balaban J connectivity index is 1.75. The van der Waals surface area contributed by atoms with Gasteiger partial charge in [0.1, 0.15) is 0 Å². The van der Waals surface area contributed by atoms with Crippen molar-refractivity contribution in [3.63, 3.8) is 0 Å². The summed E-state index contributed by atoms with van der Waals surface area (Å²) in [5.41, 5.74) is 1.71. The fourth-order valence-electron chi connectivity index (χ4n) is 2.95. The number of anilines is 2. The Kier molecular flexibility index (Phi) is 4.90. The maximum atomic E-state index is 12.7. The first-order valence-corrected chi connectivity index (χ1v) is 9.09. The molecule has 0 bridgehead atoms. The molecule has 3 rings (SSSR count). The van der Waals surface area contributed by atoms with Crippen LogP contribution in [0.3, 0.4) is 0 Å². The van der Waals surface area contributed by atoms with Crippen LogP contribution in [0.1, 0.15) is 6.42 Å². The molecular weight excluding hydrogens is 320 g/mol. The van der Waals surface area contributed by atoms with Gasteiger partial charge >= 0.3 is 0 Å². The normalized spacial score (nSPS) is 17.2. The second-order valence-electron chi connectivity index (χ2n) is 5.84. The molecule has 1 atom stereocenters. The van der Waals surface area contributed by atoms with E-state index in [1.165, 1.54) is 0 Å². The zero-order valence-corrected chi connectivity index (χ0v) is 14.6. The van der Waals surface area contributed by atoms with Crippen LogP contribution >= 0.6 is 11.8 Å². The highest BCUT2D eigenvalue weighted by Gasteiger charge is 2.36. The number of para-hydroxylation sites is 1. The number of rotatable bonds is 4. The molecule has 0 radical (unpaired) electrons. The van der Waals surface area contributed by atoms with Gasteiger partial charge in [0.15, 0.2) is 0 Å². The molecule has 1 aliphatic heterocycles. The minimum absolute atomic E-state index is 0.00747. The van der Waals surface area contributed by atoms with Gasteiger partial charge in [0.25, 0.3) is 0 Å². The molecule has 5 heteroatoms. The van der Waals surface area contributed by atoms with E-state index in [0.29, 0.717) is 6.54 Å². The molecule has 2 aromatic rings. The molecule has 1 saturated heterocycles. The Bertz CT molecular complexity index is 748. The van der Waals surface area contributed by atoms with Gasteiger partial charge in [-0.3, -0.25) is 9.59 Å². The van der Waals surface area contributed by atoms with Crippen molar-refractivity contribution in [1.29, 1.82) is 0 Å². The summed E-state index contributed by atoms with van der Waals surface area (Å²) in [7, 11) is 1.76. The smallest absolute Gasteiger partial charge is 0.232 e. The predicted octanol–water partition coefficient (Wildman–Crippen LogP) is 3.42. The number of hydrogen-bond donors (Lipinski definition) is 0. The van der Waals surface area contributed by atoms with Crippen LogP contribution in [-0.2, 0) is 9.59 Å². The molecule has 0 aliphatic carbocycles. The lowest BCUT2D eigenvalue weighted by Crippen LogP contribution is -2.34. The highest BCUT2D eigenvalue weighted by Crippen LogP contribution is 2.29. The number of hydrogen-bond acceptors (Lipinski definition) is 3. The third-order valence-corrected chi connectivity index (χ3v) is 5.04. The Morgan fingerprint density at radius 2 is 1.92 bits per heavy atom. The molecule has 24 heavy (non-hydrogen) atoms. The van der Waals surface area contributed by atoms with E-state index in [4.69, 9.17) is 0 Å². The summed E-state index contributed by atoms with van der Waals surface area (Å²) in [6.07, 6.45) is 2.27. The summed E-state index contributed by atoms with van der Waals surface area (Å²) in [5, 5.41) is 0. The van der Waals surface area contributed by atoms with Crippen LogP contribution < -0.4 is 9.80 Å². The van der Waals surface area contributed by atoms with Crippen LogP contribution in [0.4, 0.5) is 11.4 Å². The van der Waals surface area contributed by atoms with E-state index in [1.54, 1.807) is 28.6 Å². The molecule has 1 aliphatic rings. The molecule has 2 aromatic carbocycles. The lowest BCUT2D eigenvalue weighted by molar-refractivity contribution is -0.124. The third kappa shape index (κ3) is 3.31. The maximum absolute atomic E-state index is 12.7. The van der Waals surface area contributed by atoms with Crippen LogP contribution in [0.5, 0.6) is 0 Å². The van der Waals surface area contributed by atoms with Gasteiger partial charge in [-0.05, 0) is 36.6 Å². The SMILES string of the molecule is CSc1cccc(N2C[C@H](C(=O)N(C)c3ccccc3)CC2=O)c1. The quantitative estimate of drug-likeness (QED) is 0.801. The van der Waals surface area contributed by atoms with Crippen molar-refractivity contribution in [2.75, 3.05) is 29.6 Å². The Hall–Kier alpha value is -2.27. The van der Waals surface area contributed by atoms with Crippen LogP contribution in [0.15, 0.2) is 59.5 Å². The molecule has 0 saturated carbocycles. The monoisotopic (exact) mass is 340 g/mol. The lowest BCUT2D eigenvalue weighted by atomic mass is 10.1. The molecule has 0 aromatic heterocycles. The Labute approximate surface area is 146 Å². The van der Waals surface area contributed by atoms with E-state index in [-0.39, 0.29) is 24.2 Å². The minimum Gasteiger partial charge on any atom is -0.315 e. The highest BCUT2D eigenvalue weighted by molar-refractivity contribution is 7.98. The van der Waals surface area contributed by atoms with Gasteiger partial charge in [0.2, 0.25) is 11.8 Å². The summed E-state index contributed by atoms with van der Waals surface area (Å²) < 4.78 is 0. The number of benzene rings is 2. The standard InChI is InChI=1S/C19H20N2O2S/c1-20(15-7-4-3-5-8-15)19(23)14-11-18(22)21(13-14)16-9-6-10-17(12-16)24-2/h3-10,12,14H,11,13H2,1-2H3/t14-/m1/s1. The van der Waals surface area contributed by atoms with Crippen molar-refractivity contribution >= 4 is 35.0 Å². The Morgan fingerprint density at radius 3 is 2.62 bits per heavy atom. The average Bonchev–Trinajstić information content (AvgIpc) is 3.03. The largest absolute Gasteiger partial charge is 0.315 e. The second-order valence-corrected chi connectivity index (χ2v) is 6.72. The molecule has 2 amide bonds. The van der Waals surface area contributed by atoms with Crippen molar-refractivity contribution in [3.8, 4) is 0 Å². The van der Waals surface area contributed by atoms with E-state index in [0.717, 1.165) is 16.3 Å². The first-order chi connectivity index (χ1) is 11.6. The van der Waals surface area contributed by atoms with E-state index < -0.39 is 0 Å². The minimum atomic E-state index is -0.305. The summed E-state index contributed by atoms with van der Waals surface area (Å²) in [6.45, 7) is 0.437. The number of carbonyl (C=O) groups is 2. The second kappa shape index (κ2) is 7.09. The molecule has 0 spiro atoms. The zero-order chi connectivity index (χ0) is 17.1.